The average molecular weight is 709 g/mol. The molecule has 0 aromatic rings. The van der Waals surface area contributed by atoms with Gasteiger partial charge in [-0.2, -0.15) is 0 Å². The van der Waals surface area contributed by atoms with Crippen LogP contribution in [0.3, 0.4) is 0 Å². The Kier molecular flexibility index (Phi) is 14.2. The van der Waals surface area contributed by atoms with Crippen LogP contribution in [0.25, 0.3) is 0 Å². The third-order valence-corrected chi connectivity index (χ3v) is 8.92. The lowest BCUT2D eigenvalue weighted by atomic mass is 9.94. The predicted octanol–water partition coefficient (Wildman–Crippen LogP) is -10.2. The largest absolute Gasteiger partial charge is 0.394 e. The van der Waals surface area contributed by atoms with E-state index in [1.54, 1.807) is 0 Å². The SMILES string of the molecule is CN[C@H]1[C@@H](OC2OC(C(O)CO)C(O)C(O[C@H]3O[C@H](CO)[C@@H](O)[C@H](N)[C@@H]3O)C2O)OC[C@@H](OC2OC(C(O)CO)C(O)C(O)C2O)[C@@H]1O. The summed E-state index contributed by atoms with van der Waals surface area (Å²) in [6.07, 6.45) is -31.8. The number of ether oxygens (including phenoxy) is 7. The molecule has 0 radical (unpaired) electrons. The maximum absolute atomic E-state index is 11.2. The quantitative estimate of drug-likeness (QED) is 0.0894. The molecule has 4 aliphatic rings. The molecule has 22 nitrogen and oxygen atoms in total. The smallest absolute Gasteiger partial charge is 0.189 e. The van der Waals surface area contributed by atoms with E-state index in [0.717, 1.165) is 0 Å². The van der Waals surface area contributed by atoms with Crippen LogP contribution in [0, 0.1) is 0 Å². The van der Waals surface area contributed by atoms with Gasteiger partial charge in [0.25, 0.3) is 0 Å². The number of aliphatic hydroxyl groups excluding tert-OH is 13. The van der Waals surface area contributed by atoms with Crippen LogP contribution in [-0.2, 0) is 33.2 Å². The van der Waals surface area contributed by atoms with Crippen molar-refractivity contribution >= 4 is 0 Å². The van der Waals surface area contributed by atoms with E-state index in [9.17, 15) is 66.4 Å². The van der Waals surface area contributed by atoms with Gasteiger partial charge in [-0.3, -0.25) is 0 Å². The Morgan fingerprint density at radius 1 is 0.646 bits per heavy atom. The Balaban J connectivity index is 1.47. The van der Waals surface area contributed by atoms with Crippen molar-refractivity contribution in [2.45, 2.75) is 129 Å². The van der Waals surface area contributed by atoms with Gasteiger partial charge in [0, 0.05) is 0 Å². The fraction of sp³-hybridized carbons (Fsp3) is 1.00. The molecular weight excluding hydrogens is 660 g/mol. The van der Waals surface area contributed by atoms with Gasteiger partial charge in [-0.15, -0.1) is 0 Å². The van der Waals surface area contributed by atoms with Crippen molar-refractivity contribution in [3.63, 3.8) is 0 Å². The maximum Gasteiger partial charge on any atom is 0.189 e. The first kappa shape index (κ1) is 39.9. The highest BCUT2D eigenvalue weighted by Gasteiger charge is 2.54. The van der Waals surface area contributed by atoms with Gasteiger partial charge >= 0.3 is 0 Å². The number of hydrogen-bond acceptors (Lipinski definition) is 22. The molecule has 0 aromatic carbocycles. The minimum atomic E-state index is -1.94. The van der Waals surface area contributed by atoms with Crippen molar-refractivity contribution in [3.8, 4) is 0 Å². The van der Waals surface area contributed by atoms with Gasteiger partial charge in [0.05, 0.1) is 38.5 Å². The molecule has 0 aromatic heterocycles. The van der Waals surface area contributed by atoms with Crippen LogP contribution in [-0.4, -0.2) is 229 Å². The Bertz CT molecular complexity index is 990. The number of aliphatic hydroxyl groups is 13. The fourth-order valence-electron chi connectivity index (χ4n) is 5.99. The Morgan fingerprint density at radius 3 is 1.77 bits per heavy atom. The minimum absolute atomic E-state index is 0.485. The third-order valence-electron chi connectivity index (χ3n) is 8.92. The monoisotopic (exact) mass is 708 g/mol. The first-order chi connectivity index (χ1) is 22.7. The zero-order chi connectivity index (χ0) is 35.6. The third kappa shape index (κ3) is 8.10. The Hall–Kier alpha value is -0.880. The second-order valence-electron chi connectivity index (χ2n) is 12.1. The van der Waals surface area contributed by atoms with E-state index in [2.05, 4.69) is 5.32 Å². The summed E-state index contributed by atoms with van der Waals surface area (Å²) in [5, 5.41) is 136. The summed E-state index contributed by atoms with van der Waals surface area (Å²) in [5.41, 5.74) is 5.82. The van der Waals surface area contributed by atoms with E-state index in [4.69, 9.17) is 38.9 Å². The van der Waals surface area contributed by atoms with E-state index in [1.165, 1.54) is 7.05 Å². The molecule has 4 saturated heterocycles. The Morgan fingerprint density at radius 2 is 1.21 bits per heavy atom. The lowest BCUT2D eigenvalue weighted by molar-refractivity contribution is -0.386. The number of nitrogens with one attached hydrogen (secondary N) is 1. The first-order valence-corrected chi connectivity index (χ1v) is 15.3. The van der Waals surface area contributed by atoms with Crippen LogP contribution in [0.1, 0.15) is 0 Å². The van der Waals surface area contributed by atoms with E-state index >= 15 is 0 Å². The second-order valence-corrected chi connectivity index (χ2v) is 12.1. The molecule has 0 aliphatic carbocycles. The normalized spacial score (nSPS) is 50.2. The molecule has 48 heavy (non-hydrogen) atoms. The molecule has 282 valence electrons. The van der Waals surface area contributed by atoms with Gasteiger partial charge in [0.2, 0.25) is 0 Å². The molecule has 4 aliphatic heterocycles. The summed E-state index contributed by atoms with van der Waals surface area (Å²) in [4.78, 5) is 0. The van der Waals surface area contributed by atoms with Crippen molar-refractivity contribution in [1.29, 1.82) is 0 Å². The molecule has 22 heteroatoms. The molecule has 4 heterocycles. The van der Waals surface area contributed by atoms with Crippen LogP contribution in [0.5, 0.6) is 0 Å². The van der Waals surface area contributed by atoms with Gasteiger partial charge in [0.15, 0.2) is 25.2 Å². The van der Waals surface area contributed by atoms with E-state index < -0.39 is 155 Å². The molecule has 0 saturated carbocycles. The Labute approximate surface area is 273 Å². The van der Waals surface area contributed by atoms with Crippen molar-refractivity contribution < 1.29 is 99.5 Å². The van der Waals surface area contributed by atoms with Crippen molar-refractivity contribution in [2.24, 2.45) is 5.73 Å². The van der Waals surface area contributed by atoms with Crippen LogP contribution >= 0.6 is 0 Å². The van der Waals surface area contributed by atoms with Gasteiger partial charge in [-0.25, -0.2) is 0 Å². The van der Waals surface area contributed by atoms with Crippen LogP contribution in [0.15, 0.2) is 0 Å². The number of hydrogen-bond donors (Lipinski definition) is 15. The molecule has 12 unspecified atom stereocenters. The predicted molar refractivity (Wildman–Crippen MR) is 149 cm³/mol. The van der Waals surface area contributed by atoms with Crippen LogP contribution in [0.2, 0.25) is 0 Å². The average Bonchev–Trinajstić information content (AvgIpc) is 3.08. The maximum atomic E-state index is 11.2. The van der Waals surface area contributed by atoms with Gasteiger partial charge in [0.1, 0.15) is 91.6 Å². The van der Waals surface area contributed by atoms with Crippen LogP contribution < -0.4 is 11.1 Å². The molecule has 16 N–H and O–H groups in total. The van der Waals surface area contributed by atoms with Crippen molar-refractivity contribution in [3.05, 3.63) is 0 Å². The number of rotatable bonds is 12. The molecular formula is C26H48N2O20. The standard InChI is InChI=1S/C26H48N2O20/c1-28-11-13(35)9(44-25-17(39)15(37)16(38)20(45-25)6(32)2-29)5-42-23(11)48-26-19(41)22(18(40)21(46-26)7(33)3-30)47-24-14(36)10(27)12(34)8(4-31)43-24/h6-26,28-41H,2-5,27H2,1H3/t6?,7?,8-,9-,10+,11-,12-,13+,14+,15?,16?,17?,18?,19?,20?,21?,22?,23-,24-,25?,26?/m1/s1. The molecule has 0 spiro atoms. The summed E-state index contributed by atoms with van der Waals surface area (Å²) >= 11 is 0. The summed E-state index contributed by atoms with van der Waals surface area (Å²) in [6.45, 7) is -2.98. The fourth-order valence-corrected chi connectivity index (χ4v) is 5.99. The lowest BCUT2D eigenvalue weighted by Crippen LogP contribution is -2.68. The van der Waals surface area contributed by atoms with E-state index in [1.807, 2.05) is 0 Å². The highest BCUT2D eigenvalue weighted by molar-refractivity contribution is 4.98. The highest BCUT2D eigenvalue weighted by Crippen LogP contribution is 2.33. The van der Waals surface area contributed by atoms with Crippen LogP contribution in [0.4, 0.5) is 0 Å². The zero-order valence-electron chi connectivity index (χ0n) is 25.7. The van der Waals surface area contributed by atoms with Gasteiger partial charge in [-0.1, -0.05) is 0 Å². The topological polar surface area (TPSA) is 366 Å². The number of nitrogens with two attached hydrogens (primary N) is 1. The first-order valence-electron chi connectivity index (χ1n) is 15.3. The van der Waals surface area contributed by atoms with Gasteiger partial charge < -0.3 is 111 Å². The number of likely N-dealkylation sites (N-methyl/N-ethyl adjacent to an activating group) is 1. The van der Waals surface area contributed by atoms with E-state index in [0.29, 0.717) is 0 Å². The van der Waals surface area contributed by atoms with Gasteiger partial charge in [-0.05, 0) is 7.05 Å². The molecule has 21 atom stereocenters. The van der Waals surface area contributed by atoms with E-state index in [-0.39, 0.29) is 0 Å². The summed E-state index contributed by atoms with van der Waals surface area (Å²) in [6, 6.07) is -2.57. The highest BCUT2D eigenvalue weighted by atomic mass is 16.8. The zero-order valence-corrected chi connectivity index (χ0v) is 25.7. The summed E-state index contributed by atoms with van der Waals surface area (Å²) < 4.78 is 39.1. The van der Waals surface area contributed by atoms with Crippen molar-refractivity contribution in [2.75, 3.05) is 33.5 Å². The minimum Gasteiger partial charge on any atom is -0.394 e. The molecule has 4 fully saturated rings. The lowest BCUT2D eigenvalue weighted by Gasteiger charge is -2.49. The molecule has 0 bridgehead atoms. The molecule has 4 rings (SSSR count). The second kappa shape index (κ2) is 17.1. The molecule has 0 amide bonds. The van der Waals surface area contributed by atoms with Crippen molar-refractivity contribution in [1.82, 2.24) is 5.32 Å². The summed E-state index contributed by atoms with van der Waals surface area (Å²) in [7, 11) is 1.39. The summed E-state index contributed by atoms with van der Waals surface area (Å²) in [5.74, 6) is 0.